The first-order valence-corrected chi connectivity index (χ1v) is 9.82. The number of hydrogen-bond donors (Lipinski definition) is 2. The van der Waals surface area contributed by atoms with E-state index in [1.165, 1.54) is 29.4 Å². The van der Waals surface area contributed by atoms with Crippen molar-refractivity contribution in [2.75, 3.05) is 5.32 Å². The smallest absolute Gasteiger partial charge is 0.293 e. The highest BCUT2D eigenvalue weighted by Gasteiger charge is 2.13. The van der Waals surface area contributed by atoms with E-state index in [0.717, 1.165) is 16.8 Å². The van der Waals surface area contributed by atoms with E-state index in [-0.39, 0.29) is 17.1 Å². The number of amides is 1. The quantitative estimate of drug-likeness (QED) is 0.391. The van der Waals surface area contributed by atoms with Crippen LogP contribution in [-0.2, 0) is 5.75 Å². The number of furan rings is 1. The van der Waals surface area contributed by atoms with Crippen molar-refractivity contribution < 1.29 is 9.21 Å². The standard InChI is InChI=1S/C18H14N4O3S2/c1-10-4-5-13-12(7-10)14(23)8-11(19-13)9-26-18-22-21-17(27-18)20-16(24)15-3-2-6-25-15/h2-8H,9H2,1H3,(H,19,23)(H,20,21,24). The average Bonchev–Trinajstić information content (AvgIpc) is 3.32. The number of pyridine rings is 1. The molecule has 0 aliphatic carbocycles. The maximum atomic E-state index is 12.3. The van der Waals surface area contributed by atoms with Gasteiger partial charge in [0, 0.05) is 28.4 Å². The van der Waals surface area contributed by atoms with Gasteiger partial charge in [-0.15, -0.1) is 10.2 Å². The second-order valence-corrected chi connectivity index (χ2v) is 8.00. The molecule has 0 aliphatic heterocycles. The number of fused-ring (bicyclic) bond motifs is 1. The predicted molar refractivity (Wildman–Crippen MR) is 105 cm³/mol. The van der Waals surface area contributed by atoms with Crippen molar-refractivity contribution >= 4 is 45.0 Å². The van der Waals surface area contributed by atoms with Crippen LogP contribution in [-0.4, -0.2) is 21.1 Å². The maximum absolute atomic E-state index is 12.3. The zero-order chi connectivity index (χ0) is 18.8. The summed E-state index contributed by atoms with van der Waals surface area (Å²) >= 11 is 2.70. The minimum absolute atomic E-state index is 0.00767. The minimum atomic E-state index is -0.373. The summed E-state index contributed by atoms with van der Waals surface area (Å²) in [6.07, 6.45) is 1.43. The van der Waals surface area contributed by atoms with E-state index in [1.54, 1.807) is 18.2 Å². The normalized spacial score (nSPS) is 11.0. The fourth-order valence-corrected chi connectivity index (χ4v) is 4.17. The van der Waals surface area contributed by atoms with Gasteiger partial charge in [-0.05, 0) is 31.2 Å². The van der Waals surface area contributed by atoms with Gasteiger partial charge < -0.3 is 9.40 Å². The Morgan fingerprint density at radius 3 is 3.00 bits per heavy atom. The first kappa shape index (κ1) is 17.5. The molecule has 0 bridgehead atoms. The van der Waals surface area contributed by atoms with Crippen LogP contribution in [0.2, 0.25) is 0 Å². The van der Waals surface area contributed by atoms with Gasteiger partial charge in [-0.1, -0.05) is 34.7 Å². The van der Waals surface area contributed by atoms with Crippen molar-refractivity contribution in [1.29, 1.82) is 0 Å². The Labute approximate surface area is 161 Å². The molecule has 3 aromatic heterocycles. The number of anilines is 1. The summed E-state index contributed by atoms with van der Waals surface area (Å²) in [7, 11) is 0. The lowest BCUT2D eigenvalue weighted by Crippen LogP contribution is -2.10. The Balaban J connectivity index is 1.44. The monoisotopic (exact) mass is 398 g/mol. The molecule has 7 nitrogen and oxygen atoms in total. The molecule has 0 atom stereocenters. The molecule has 9 heteroatoms. The van der Waals surface area contributed by atoms with Crippen LogP contribution in [0.3, 0.4) is 0 Å². The molecule has 0 saturated carbocycles. The third-order valence-electron chi connectivity index (χ3n) is 3.76. The molecule has 0 saturated heterocycles. The molecule has 2 N–H and O–H groups in total. The maximum Gasteiger partial charge on any atom is 0.293 e. The number of benzene rings is 1. The second kappa shape index (κ2) is 7.37. The van der Waals surface area contributed by atoms with Gasteiger partial charge in [0.25, 0.3) is 5.91 Å². The van der Waals surface area contributed by atoms with E-state index in [0.29, 0.717) is 20.6 Å². The van der Waals surface area contributed by atoms with Crippen LogP contribution in [0.15, 0.2) is 56.2 Å². The van der Waals surface area contributed by atoms with Crippen molar-refractivity contribution in [1.82, 2.24) is 15.2 Å². The molecule has 4 rings (SSSR count). The first-order valence-electron chi connectivity index (χ1n) is 8.02. The molecule has 4 aromatic rings. The third-order valence-corrected chi connectivity index (χ3v) is 5.78. The second-order valence-electron chi connectivity index (χ2n) is 5.80. The van der Waals surface area contributed by atoms with E-state index in [1.807, 2.05) is 25.1 Å². The van der Waals surface area contributed by atoms with Gasteiger partial charge in [0.15, 0.2) is 15.5 Å². The molecule has 136 valence electrons. The lowest BCUT2D eigenvalue weighted by Gasteiger charge is -2.04. The van der Waals surface area contributed by atoms with Crippen molar-refractivity contribution in [2.45, 2.75) is 17.0 Å². The molecule has 0 spiro atoms. The van der Waals surface area contributed by atoms with E-state index in [2.05, 4.69) is 20.5 Å². The lowest BCUT2D eigenvalue weighted by atomic mass is 10.1. The summed E-state index contributed by atoms with van der Waals surface area (Å²) in [6.45, 7) is 1.96. The first-order chi connectivity index (χ1) is 13.1. The highest BCUT2D eigenvalue weighted by molar-refractivity contribution is 8.00. The van der Waals surface area contributed by atoms with Gasteiger partial charge in [0.05, 0.1) is 6.26 Å². The van der Waals surface area contributed by atoms with Crippen LogP contribution in [0.4, 0.5) is 5.13 Å². The minimum Gasteiger partial charge on any atom is -0.459 e. The van der Waals surface area contributed by atoms with Gasteiger partial charge in [-0.2, -0.15) is 0 Å². The number of carbonyl (C=O) groups is 1. The van der Waals surface area contributed by atoms with Gasteiger partial charge in [-0.25, -0.2) is 0 Å². The fraction of sp³-hybridized carbons (Fsp3) is 0.111. The molecule has 27 heavy (non-hydrogen) atoms. The summed E-state index contributed by atoms with van der Waals surface area (Å²) in [5, 5.41) is 11.7. The van der Waals surface area contributed by atoms with Gasteiger partial charge >= 0.3 is 0 Å². The summed E-state index contributed by atoms with van der Waals surface area (Å²) in [5.41, 5.74) is 2.66. The largest absolute Gasteiger partial charge is 0.459 e. The Hall–Kier alpha value is -2.91. The number of nitrogens with zero attached hydrogens (tertiary/aromatic N) is 2. The van der Waals surface area contributed by atoms with Crippen molar-refractivity contribution in [3.63, 3.8) is 0 Å². The van der Waals surface area contributed by atoms with E-state index in [4.69, 9.17) is 4.42 Å². The Morgan fingerprint density at radius 2 is 2.19 bits per heavy atom. The van der Waals surface area contributed by atoms with Gasteiger partial charge in [0.2, 0.25) is 5.13 Å². The van der Waals surface area contributed by atoms with Crippen molar-refractivity contribution in [3.8, 4) is 0 Å². The van der Waals surface area contributed by atoms with Crippen LogP contribution in [0.25, 0.3) is 10.9 Å². The summed E-state index contributed by atoms with van der Waals surface area (Å²) in [5.74, 6) is 0.380. The molecule has 0 radical (unpaired) electrons. The summed E-state index contributed by atoms with van der Waals surface area (Å²) in [6, 6.07) is 10.6. The SMILES string of the molecule is Cc1ccc2[nH]c(CSc3nnc(NC(=O)c4ccco4)s3)cc(=O)c2c1. The molecule has 1 amide bonds. The number of H-pyrrole nitrogens is 1. The zero-order valence-corrected chi connectivity index (χ0v) is 15.8. The highest BCUT2D eigenvalue weighted by Crippen LogP contribution is 2.28. The number of thioether (sulfide) groups is 1. The van der Waals surface area contributed by atoms with E-state index >= 15 is 0 Å². The van der Waals surface area contributed by atoms with Crippen molar-refractivity contribution in [3.05, 3.63) is 69.9 Å². The molecular formula is C18H14N4O3S2. The highest BCUT2D eigenvalue weighted by atomic mass is 32.2. The van der Waals surface area contributed by atoms with Crippen LogP contribution < -0.4 is 10.7 Å². The zero-order valence-electron chi connectivity index (χ0n) is 14.2. The number of carbonyl (C=O) groups excluding carboxylic acids is 1. The van der Waals surface area contributed by atoms with Gasteiger partial charge in [-0.3, -0.25) is 14.9 Å². The average molecular weight is 398 g/mol. The molecule has 0 aliphatic rings. The number of aromatic amines is 1. The Morgan fingerprint density at radius 1 is 1.30 bits per heavy atom. The van der Waals surface area contributed by atoms with Gasteiger partial charge in [0.1, 0.15) is 0 Å². The van der Waals surface area contributed by atoms with Crippen LogP contribution in [0.1, 0.15) is 21.8 Å². The number of nitrogens with one attached hydrogen (secondary N) is 2. The van der Waals surface area contributed by atoms with Crippen LogP contribution in [0, 0.1) is 6.92 Å². The Kier molecular flexibility index (Phi) is 4.78. The number of hydrogen-bond acceptors (Lipinski definition) is 7. The number of aromatic nitrogens is 3. The molecule has 0 unspecified atom stereocenters. The van der Waals surface area contributed by atoms with E-state index < -0.39 is 0 Å². The molecule has 3 heterocycles. The van der Waals surface area contributed by atoms with Crippen LogP contribution >= 0.6 is 23.1 Å². The Bertz CT molecular complexity index is 1170. The third kappa shape index (κ3) is 3.93. The van der Waals surface area contributed by atoms with E-state index in [9.17, 15) is 9.59 Å². The number of aryl methyl sites for hydroxylation is 1. The lowest BCUT2D eigenvalue weighted by molar-refractivity contribution is 0.0996. The summed E-state index contributed by atoms with van der Waals surface area (Å²) in [4.78, 5) is 27.5. The fourth-order valence-electron chi connectivity index (χ4n) is 2.52. The molecule has 1 aromatic carbocycles. The molecular weight excluding hydrogens is 384 g/mol. The topological polar surface area (TPSA) is 101 Å². The summed E-state index contributed by atoms with van der Waals surface area (Å²) < 4.78 is 5.73. The van der Waals surface area contributed by atoms with Crippen molar-refractivity contribution in [2.24, 2.45) is 0 Å². The van der Waals surface area contributed by atoms with Crippen LogP contribution in [0.5, 0.6) is 0 Å². The predicted octanol–water partition coefficient (Wildman–Crippen LogP) is 3.83. The number of rotatable bonds is 5. The molecule has 0 fully saturated rings.